The van der Waals surface area contributed by atoms with E-state index >= 15 is 0 Å². The van der Waals surface area contributed by atoms with Crippen LogP contribution in [0.1, 0.15) is 5.56 Å². The summed E-state index contributed by atoms with van der Waals surface area (Å²) in [6.45, 7) is 3.65. The van der Waals surface area contributed by atoms with Crippen molar-refractivity contribution in [3.8, 4) is 0 Å². The van der Waals surface area contributed by atoms with Crippen molar-refractivity contribution in [1.82, 2.24) is 4.98 Å². The number of hydrogen-bond donors (Lipinski definition) is 0. The summed E-state index contributed by atoms with van der Waals surface area (Å²) in [5.74, 6) is 0. The first-order chi connectivity index (χ1) is 7.31. The van der Waals surface area contributed by atoms with Crippen molar-refractivity contribution in [1.29, 1.82) is 0 Å². The lowest BCUT2D eigenvalue weighted by atomic mass is 10.1. The Balaban J connectivity index is 2.65. The maximum absolute atomic E-state index is 5.90. The third-order valence-electron chi connectivity index (χ3n) is 2.15. The Hall–Kier alpha value is -1.60. The number of halogens is 1. The molecule has 0 spiro atoms. The predicted molar refractivity (Wildman–Crippen MR) is 66.0 cm³/mol. The zero-order valence-corrected chi connectivity index (χ0v) is 8.91. The topological polar surface area (TPSA) is 12.9 Å². The van der Waals surface area contributed by atoms with Gasteiger partial charge in [0, 0.05) is 16.6 Å². The lowest BCUT2D eigenvalue weighted by Gasteiger charge is -2.01. The van der Waals surface area contributed by atoms with Crippen molar-refractivity contribution in [3.63, 3.8) is 0 Å². The average molecular weight is 216 g/mol. The maximum atomic E-state index is 5.90. The van der Waals surface area contributed by atoms with Crippen LogP contribution in [0, 0.1) is 0 Å². The van der Waals surface area contributed by atoms with Crippen molar-refractivity contribution in [3.05, 3.63) is 59.8 Å². The molecule has 0 aliphatic heterocycles. The molecule has 15 heavy (non-hydrogen) atoms. The summed E-state index contributed by atoms with van der Waals surface area (Å²) >= 11 is 5.90. The molecule has 0 fully saturated rings. The zero-order valence-electron chi connectivity index (χ0n) is 8.15. The molecular formula is C13H10ClN. The van der Waals surface area contributed by atoms with Gasteiger partial charge in [-0.3, -0.25) is 4.98 Å². The van der Waals surface area contributed by atoms with Crippen LogP contribution in [0.2, 0.25) is 5.02 Å². The molecule has 0 radical (unpaired) electrons. The van der Waals surface area contributed by atoms with Crippen LogP contribution in [0.4, 0.5) is 0 Å². The molecule has 0 aliphatic rings. The number of hydrogen-bond acceptors (Lipinski definition) is 1. The molecule has 2 rings (SSSR count). The summed E-state index contributed by atoms with van der Waals surface area (Å²) in [5, 5.41) is 1.81. The molecule has 1 heterocycles. The molecule has 0 saturated carbocycles. The van der Waals surface area contributed by atoms with Crippen molar-refractivity contribution >= 4 is 28.6 Å². The Morgan fingerprint density at radius 3 is 2.93 bits per heavy atom. The monoisotopic (exact) mass is 215 g/mol. The van der Waals surface area contributed by atoms with Gasteiger partial charge in [-0.1, -0.05) is 42.5 Å². The molecule has 0 unspecified atom stereocenters. The molecule has 0 saturated heterocycles. The number of aromatic nitrogens is 1. The lowest BCUT2D eigenvalue weighted by molar-refractivity contribution is 1.41. The van der Waals surface area contributed by atoms with Gasteiger partial charge in [0.25, 0.3) is 0 Å². The highest BCUT2D eigenvalue weighted by molar-refractivity contribution is 6.31. The van der Waals surface area contributed by atoms with E-state index in [2.05, 4.69) is 11.6 Å². The van der Waals surface area contributed by atoms with E-state index in [-0.39, 0.29) is 0 Å². The smallest absolute Gasteiger partial charge is 0.0722 e. The van der Waals surface area contributed by atoms with Crippen molar-refractivity contribution in [2.75, 3.05) is 0 Å². The SMILES string of the molecule is C=C/C=C/c1ccnc2cc(Cl)ccc12. The van der Waals surface area contributed by atoms with Crippen LogP contribution in [0.15, 0.2) is 49.2 Å². The highest BCUT2D eigenvalue weighted by Crippen LogP contribution is 2.21. The van der Waals surface area contributed by atoms with Crippen LogP contribution < -0.4 is 0 Å². The molecule has 2 heteroatoms. The Morgan fingerprint density at radius 2 is 2.13 bits per heavy atom. The number of benzene rings is 1. The van der Waals surface area contributed by atoms with Gasteiger partial charge in [-0.2, -0.15) is 0 Å². The second kappa shape index (κ2) is 4.28. The van der Waals surface area contributed by atoms with Gasteiger partial charge in [-0.05, 0) is 23.8 Å². The van der Waals surface area contributed by atoms with Gasteiger partial charge in [0.2, 0.25) is 0 Å². The van der Waals surface area contributed by atoms with Crippen molar-refractivity contribution in [2.45, 2.75) is 0 Å². The van der Waals surface area contributed by atoms with E-state index in [1.807, 2.05) is 36.4 Å². The van der Waals surface area contributed by atoms with Crippen LogP contribution >= 0.6 is 11.6 Å². The highest BCUT2D eigenvalue weighted by Gasteiger charge is 1.99. The van der Waals surface area contributed by atoms with E-state index in [1.54, 1.807) is 12.3 Å². The first-order valence-electron chi connectivity index (χ1n) is 4.64. The van der Waals surface area contributed by atoms with Gasteiger partial charge in [0.15, 0.2) is 0 Å². The van der Waals surface area contributed by atoms with Gasteiger partial charge < -0.3 is 0 Å². The molecular weight excluding hydrogens is 206 g/mol. The van der Waals surface area contributed by atoms with Crippen LogP contribution in [0.25, 0.3) is 17.0 Å². The fraction of sp³-hybridized carbons (Fsp3) is 0. The summed E-state index contributed by atoms with van der Waals surface area (Å²) in [5.41, 5.74) is 2.03. The number of pyridine rings is 1. The van der Waals surface area contributed by atoms with Crippen LogP contribution in [0.5, 0.6) is 0 Å². The number of rotatable bonds is 2. The summed E-state index contributed by atoms with van der Waals surface area (Å²) in [7, 11) is 0. The van der Waals surface area contributed by atoms with Gasteiger partial charge in [-0.15, -0.1) is 0 Å². The molecule has 1 aromatic heterocycles. The molecule has 0 N–H and O–H groups in total. The summed E-state index contributed by atoms with van der Waals surface area (Å²) in [6.07, 6.45) is 7.44. The van der Waals surface area contributed by atoms with Gasteiger partial charge >= 0.3 is 0 Å². The van der Waals surface area contributed by atoms with Gasteiger partial charge in [-0.25, -0.2) is 0 Å². The zero-order chi connectivity index (χ0) is 10.7. The predicted octanol–water partition coefficient (Wildman–Crippen LogP) is 4.09. The van der Waals surface area contributed by atoms with Gasteiger partial charge in [0.05, 0.1) is 5.52 Å². The molecule has 0 aliphatic carbocycles. The fourth-order valence-electron chi connectivity index (χ4n) is 1.46. The molecule has 74 valence electrons. The largest absolute Gasteiger partial charge is 0.256 e. The molecule has 0 bridgehead atoms. The third-order valence-corrected chi connectivity index (χ3v) is 2.39. The Kier molecular flexibility index (Phi) is 2.84. The molecule has 0 atom stereocenters. The van der Waals surface area contributed by atoms with Crippen LogP contribution in [0.3, 0.4) is 0 Å². The number of fused-ring (bicyclic) bond motifs is 1. The van der Waals surface area contributed by atoms with E-state index in [0.29, 0.717) is 5.02 Å². The lowest BCUT2D eigenvalue weighted by Crippen LogP contribution is -1.81. The quantitative estimate of drug-likeness (QED) is 0.688. The minimum absolute atomic E-state index is 0.708. The van der Waals surface area contributed by atoms with E-state index in [1.165, 1.54) is 0 Å². The Bertz CT molecular complexity index is 529. The summed E-state index contributed by atoms with van der Waals surface area (Å²) in [6, 6.07) is 7.68. The normalized spacial score (nSPS) is 11.0. The van der Waals surface area contributed by atoms with Crippen molar-refractivity contribution < 1.29 is 0 Å². The molecule has 1 nitrogen and oxygen atoms in total. The first kappa shape index (κ1) is 9.94. The van der Waals surface area contributed by atoms with E-state index < -0.39 is 0 Å². The maximum Gasteiger partial charge on any atom is 0.0722 e. The van der Waals surface area contributed by atoms with Crippen molar-refractivity contribution in [2.24, 2.45) is 0 Å². The minimum Gasteiger partial charge on any atom is -0.256 e. The molecule has 2 aromatic rings. The highest BCUT2D eigenvalue weighted by atomic mass is 35.5. The van der Waals surface area contributed by atoms with E-state index in [4.69, 9.17) is 11.6 Å². The van der Waals surface area contributed by atoms with Gasteiger partial charge in [0.1, 0.15) is 0 Å². The first-order valence-corrected chi connectivity index (χ1v) is 5.02. The average Bonchev–Trinajstić information content (AvgIpc) is 2.25. The number of allylic oxidation sites excluding steroid dienone is 2. The number of nitrogens with zero attached hydrogens (tertiary/aromatic N) is 1. The van der Waals surface area contributed by atoms with Crippen LogP contribution in [-0.2, 0) is 0 Å². The second-order valence-electron chi connectivity index (χ2n) is 3.16. The second-order valence-corrected chi connectivity index (χ2v) is 3.59. The fourth-order valence-corrected chi connectivity index (χ4v) is 1.63. The summed E-state index contributed by atoms with van der Waals surface area (Å²) in [4.78, 5) is 4.27. The third kappa shape index (κ3) is 2.08. The molecule has 1 aromatic carbocycles. The summed E-state index contributed by atoms with van der Waals surface area (Å²) < 4.78 is 0. The van der Waals surface area contributed by atoms with Crippen LogP contribution in [-0.4, -0.2) is 4.98 Å². The van der Waals surface area contributed by atoms with E-state index in [9.17, 15) is 0 Å². The standard InChI is InChI=1S/C13H10ClN/c1-2-3-4-10-7-8-15-13-9-11(14)5-6-12(10)13/h2-9H,1H2/b4-3+. The minimum atomic E-state index is 0.708. The Morgan fingerprint density at radius 1 is 1.27 bits per heavy atom. The Labute approximate surface area is 93.7 Å². The molecule has 0 amide bonds. The van der Waals surface area contributed by atoms with E-state index in [0.717, 1.165) is 16.5 Å².